The van der Waals surface area contributed by atoms with Crippen LogP contribution in [0.15, 0.2) is 24.3 Å². The number of likely N-dealkylation sites (tertiary alicyclic amines) is 1. The summed E-state index contributed by atoms with van der Waals surface area (Å²) in [4.78, 5) is 14.8. The van der Waals surface area contributed by atoms with Gasteiger partial charge < -0.3 is 14.7 Å². The summed E-state index contributed by atoms with van der Waals surface area (Å²) in [5, 5.41) is 18.0. The third-order valence-electron chi connectivity index (χ3n) is 5.71. The van der Waals surface area contributed by atoms with E-state index in [4.69, 9.17) is 0 Å². The van der Waals surface area contributed by atoms with Crippen LogP contribution in [-0.4, -0.2) is 56.7 Å². The Balaban J connectivity index is 1.50. The highest BCUT2D eigenvalue weighted by Gasteiger charge is 2.40. The van der Waals surface area contributed by atoms with E-state index in [-0.39, 0.29) is 23.5 Å². The lowest BCUT2D eigenvalue weighted by Crippen LogP contribution is -2.30. The number of fused-ring (bicyclic) bond motifs is 1. The van der Waals surface area contributed by atoms with Crippen LogP contribution in [0.25, 0.3) is 5.69 Å². The number of carbonyl (C=O) groups is 1. The van der Waals surface area contributed by atoms with E-state index in [0.29, 0.717) is 36.3 Å². The molecule has 0 spiro atoms. The van der Waals surface area contributed by atoms with Crippen LogP contribution < -0.4 is 4.74 Å². The molecule has 2 fully saturated rings. The topological polar surface area (TPSA) is 80.5 Å². The van der Waals surface area contributed by atoms with Gasteiger partial charge in [-0.15, -0.1) is 5.10 Å². The second kappa shape index (κ2) is 7.46. The smallest absolute Gasteiger partial charge is 0.387 e. The highest BCUT2D eigenvalue weighted by atomic mass is 19.3. The number of amides is 1. The van der Waals surface area contributed by atoms with Crippen LogP contribution in [0.4, 0.5) is 8.78 Å². The van der Waals surface area contributed by atoms with Gasteiger partial charge in [-0.25, -0.2) is 4.68 Å². The molecule has 2 aliphatic rings. The summed E-state index contributed by atoms with van der Waals surface area (Å²) in [5.74, 6) is 0.662. The molecular weight excluding hydrogens is 370 g/mol. The highest BCUT2D eigenvalue weighted by molar-refractivity contribution is 5.93. The van der Waals surface area contributed by atoms with Gasteiger partial charge in [0.25, 0.3) is 5.91 Å². The Kier molecular flexibility index (Phi) is 5.01. The zero-order valence-corrected chi connectivity index (χ0v) is 15.5. The van der Waals surface area contributed by atoms with E-state index in [1.54, 1.807) is 24.0 Å². The van der Waals surface area contributed by atoms with E-state index >= 15 is 0 Å². The minimum atomic E-state index is -2.88. The second-order valence-corrected chi connectivity index (χ2v) is 7.50. The van der Waals surface area contributed by atoms with Crippen LogP contribution in [0.5, 0.6) is 5.75 Å². The van der Waals surface area contributed by atoms with Crippen molar-refractivity contribution < 1.29 is 23.4 Å². The number of alkyl halides is 2. The Bertz CT molecular complexity index is 855. The number of benzene rings is 1. The van der Waals surface area contributed by atoms with Gasteiger partial charge >= 0.3 is 6.61 Å². The summed E-state index contributed by atoms with van der Waals surface area (Å²) in [6, 6.07) is 6.00. The fourth-order valence-corrected chi connectivity index (χ4v) is 4.26. The van der Waals surface area contributed by atoms with Gasteiger partial charge in [0.15, 0.2) is 5.69 Å². The molecule has 2 heterocycles. The first-order chi connectivity index (χ1) is 13.4. The summed E-state index contributed by atoms with van der Waals surface area (Å²) in [6.45, 7) is 0.187. The molecule has 1 aliphatic carbocycles. The fraction of sp³-hybridized carbons (Fsp3) is 0.526. The lowest BCUT2D eigenvalue weighted by Gasteiger charge is -2.27. The van der Waals surface area contributed by atoms with Crippen LogP contribution in [-0.2, 0) is 0 Å². The summed E-state index contributed by atoms with van der Waals surface area (Å²) in [6.07, 6.45) is 2.21. The Labute approximate surface area is 160 Å². The fourth-order valence-electron chi connectivity index (χ4n) is 4.26. The summed E-state index contributed by atoms with van der Waals surface area (Å²) in [7, 11) is 0. The first kappa shape index (κ1) is 18.8. The van der Waals surface area contributed by atoms with E-state index in [0.717, 1.165) is 19.3 Å². The molecule has 1 saturated carbocycles. The molecule has 28 heavy (non-hydrogen) atoms. The van der Waals surface area contributed by atoms with Gasteiger partial charge in [-0.3, -0.25) is 4.79 Å². The molecule has 2 aromatic rings. The maximum Gasteiger partial charge on any atom is 0.387 e. The van der Waals surface area contributed by atoms with Crippen molar-refractivity contribution in [2.75, 3.05) is 13.1 Å². The molecule has 1 aromatic carbocycles. The largest absolute Gasteiger partial charge is 0.435 e. The number of hydrogen-bond acceptors (Lipinski definition) is 5. The second-order valence-electron chi connectivity index (χ2n) is 7.50. The molecule has 150 valence electrons. The van der Waals surface area contributed by atoms with Crippen molar-refractivity contribution in [3.63, 3.8) is 0 Å². The Morgan fingerprint density at radius 1 is 1.21 bits per heavy atom. The Morgan fingerprint density at radius 3 is 2.64 bits per heavy atom. The average Bonchev–Trinajstić information content (AvgIpc) is 3.24. The van der Waals surface area contributed by atoms with E-state index in [2.05, 4.69) is 15.0 Å². The van der Waals surface area contributed by atoms with Crippen molar-refractivity contribution in [3.8, 4) is 11.4 Å². The molecule has 3 atom stereocenters. The van der Waals surface area contributed by atoms with Crippen molar-refractivity contribution in [2.24, 2.45) is 11.8 Å². The predicted molar refractivity (Wildman–Crippen MR) is 95.5 cm³/mol. The maximum atomic E-state index is 13.0. The maximum absolute atomic E-state index is 13.0. The standard InChI is InChI=1S/C19H22F2N4O3/c1-11-17(18(27)24-9-12-2-5-15(26)8-13(12)10-24)22-23-25(11)14-3-6-16(7-4-14)28-19(20)21/h3-4,6-7,12-13,15,19,26H,2,5,8-10H2,1H3. The molecule has 4 rings (SSSR count). The van der Waals surface area contributed by atoms with Gasteiger partial charge in [0.2, 0.25) is 0 Å². The minimum absolute atomic E-state index is 0.0506. The zero-order valence-electron chi connectivity index (χ0n) is 15.5. The molecule has 1 aromatic heterocycles. The van der Waals surface area contributed by atoms with Gasteiger partial charge in [0, 0.05) is 13.1 Å². The number of ether oxygens (including phenoxy) is 1. The third kappa shape index (κ3) is 3.58. The Hall–Kier alpha value is -2.55. The summed E-state index contributed by atoms with van der Waals surface area (Å²) < 4.78 is 30.4. The molecule has 3 unspecified atom stereocenters. The van der Waals surface area contributed by atoms with Crippen LogP contribution >= 0.6 is 0 Å². The minimum Gasteiger partial charge on any atom is -0.435 e. The monoisotopic (exact) mass is 392 g/mol. The van der Waals surface area contributed by atoms with Crippen molar-refractivity contribution in [1.82, 2.24) is 19.9 Å². The number of carbonyl (C=O) groups excluding carboxylic acids is 1. The quantitative estimate of drug-likeness (QED) is 0.864. The lowest BCUT2D eigenvalue weighted by molar-refractivity contribution is -0.0498. The van der Waals surface area contributed by atoms with Crippen molar-refractivity contribution in [2.45, 2.75) is 38.9 Å². The highest BCUT2D eigenvalue weighted by Crippen LogP contribution is 2.36. The first-order valence-corrected chi connectivity index (χ1v) is 9.37. The lowest BCUT2D eigenvalue weighted by atomic mass is 9.80. The van der Waals surface area contributed by atoms with E-state index in [1.165, 1.54) is 16.8 Å². The molecule has 1 N–H and O–H groups in total. The van der Waals surface area contributed by atoms with Crippen LogP contribution in [0, 0.1) is 18.8 Å². The number of aliphatic hydroxyl groups is 1. The van der Waals surface area contributed by atoms with E-state index < -0.39 is 6.61 Å². The SMILES string of the molecule is Cc1c(C(=O)N2CC3CCC(O)CC3C2)nnn1-c1ccc(OC(F)F)cc1. The van der Waals surface area contributed by atoms with Crippen LogP contribution in [0.1, 0.15) is 35.4 Å². The number of aliphatic hydroxyl groups excluding tert-OH is 1. The molecule has 1 aliphatic heterocycles. The van der Waals surface area contributed by atoms with Gasteiger partial charge in [-0.2, -0.15) is 8.78 Å². The molecule has 9 heteroatoms. The summed E-state index contributed by atoms with van der Waals surface area (Å²) >= 11 is 0. The zero-order chi connectivity index (χ0) is 19.8. The van der Waals surface area contributed by atoms with Crippen molar-refractivity contribution in [1.29, 1.82) is 0 Å². The van der Waals surface area contributed by atoms with E-state index in [1.807, 2.05) is 0 Å². The normalized spacial score (nSPS) is 24.5. The third-order valence-corrected chi connectivity index (χ3v) is 5.71. The number of halogens is 2. The number of hydrogen-bond donors (Lipinski definition) is 1. The molecule has 0 bridgehead atoms. The molecule has 7 nitrogen and oxygen atoms in total. The molecule has 1 amide bonds. The number of aromatic nitrogens is 3. The Morgan fingerprint density at radius 2 is 1.93 bits per heavy atom. The number of rotatable bonds is 4. The van der Waals surface area contributed by atoms with Crippen molar-refractivity contribution >= 4 is 5.91 Å². The first-order valence-electron chi connectivity index (χ1n) is 9.37. The molecule has 1 saturated heterocycles. The average molecular weight is 392 g/mol. The van der Waals surface area contributed by atoms with Crippen LogP contribution in [0.3, 0.4) is 0 Å². The van der Waals surface area contributed by atoms with Crippen LogP contribution in [0.2, 0.25) is 0 Å². The predicted octanol–water partition coefficient (Wildman–Crippen LogP) is 2.41. The van der Waals surface area contributed by atoms with Gasteiger partial charge in [0.1, 0.15) is 5.75 Å². The van der Waals surface area contributed by atoms with Gasteiger partial charge in [0.05, 0.1) is 17.5 Å². The van der Waals surface area contributed by atoms with Gasteiger partial charge in [-0.05, 0) is 62.3 Å². The summed E-state index contributed by atoms with van der Waals surface area (Å²) in [5.41, 5.74) is 1.47. The van der Waals surface area contributed by atoms with E-state index in [9.17, 15) is 18.7 Å². The van der Waals surface area contributed by atoms with Gasteiger partial charge in [-0.1, -0.05) is 5.21 Å². The number of nitrogens with zero attached hydrogens (tertiary/aromatic N) is 4. The molecular formula is C19H22F2N4O3. The molecule has 0 radical (unpaired) electrons. The van der Waals surface area contributed by atoms with Crippen molar-refractivity contribution in [3.05, 3.63) is 35.7 Å².